The smallest absolute Gasteiger partial charge is 0.270 e. The first-order chi connectivity index (χ1) is 17.6. The molecule has 1 unspecified atom stereocenters. The number of hydrogen-bond acceptors (Lipinski definition) is 6. The predicted octanol–water partition coefficient (Wildman–Crippen LogP) is 6.75. The summed E-state index contributed by atoms with van der Waals surface area (Å²) in [6, 6.07) is 3.84. The number of nitrogens with one attached hydrogen (secondary N) is 1. The molecule has 1 N–H and O–H groups in total. The molecule has 7 nitrogen and oxygen atoms in total. The Balaban J connectivity index is 0.00000507. The number of non-ortho nitro benzene ring substituents is 1. The second kappa shape index (κ2) is 13.4. The molecule has 0 bridgehead atoms. The topological polar surface area (TPSA) is 84.2 Å². The molecule has 2 aromatic carbocycles. The minimum atomic E-state index is -2.25. The summed E-state index contributed by atoms with van der Waals surface area (Å²) in [4.78, 5) is 21.5. The zero-order valence-electron chi connectivity index (χ0n) is 20.9. The third kappa shape index (κ3) is 6.93. The summed E-state index contributed by atoms with van der Waals surface area (Å²) in [5.41, 5.74) is -1.03. The van der Waals surface area contributed by atoms with Crippen molar-refractivity contribution in [2.75, 3.05) is 25.0 Å². The number of nitro benzene ring substituents is 1. The van der Waals surface area contributed by atoms with Crippen molar-refractivity contribution in [3.05, 3.63) is 68.8 Å². The van der Waals surface area contributed by atoms with Crippen LogP contribution in [0, 0.1) is 39.2 Å². The maximum Gasteiger partial charge on any atom is 0.270 e. The maximum absolute atomic E-state index is 14.1. The van der Waals surface area contributed by atoms with Crippen molar-refractivity contribution in [1.29, 1.82) is 0 Å². The van der Waals surface area contributed by atoms with E-state index in [4.69, 9.17) is 0 Å². The van der Waals surface area contributed by atoms with Crippen LogP contribution in [0.25, 0.3) is 23.1 Å². The van der Waals surface area contributed by atoms with Gasteiger partial charge in [-0.1, -0.05) is 13.8 Å². The summed E-state index contributed by atoms with van der Waals surface area (Å²) in [5.74, 6) is -10.2. The van der Waals surface area contributed by atoms with E-state index in [-0.39, 0.29) is 41.3 Å². The first-order valence-corrected chi connectivity index (χ1v) is 11.7. The molecule has 0 saturated heterocycles. The fraction of sp³-hybridized carbons (Fsp3) is 0.360. The number of nitrogens with zero attached hydrogens (tertiary/aromatic N) is 4. The fourth-order valence-electron chi connectivity index (χ4n) is 3.83. The lowest BCUT2D eigenvalue weighted by Gasteiger charge is -2.20. The van der Waals surface area contributed by atoms with Crippen LogP contribution < -0.4 is 5.32 Å². The monoisotopic (exact) mass is 559 g/mol. The van der Waals surface area contributed by atoms with E-state index >= 15 is 0 Å². The number of halogens is 6. The summed E-state index contributed by atoms with van der Waals surface area (Å²) in [6.45, 7) is 8.82. The van der Waals surface area contributed by atoms with Gasteiger partial charge in [-0.3, -0.25) is 10.1 Å². The van der Waals surface area contributed by atoms with Gasteiger partial charge in [0.2, 0.25) is 5.82 Å². The van der Waals surface area contributed by atoms with Gasteiger partial charge in [0, 0.05) is 23.6 Å². The summed E-state index contributed by atoms with van der Waals surface area (Å²) < 4.78 is 68.6. The van der Waals surface area contributed by atoms with Crippen LogP contribution in [-0.2, 0) is 0 Å². The summed E-state index contributed by atoms with van der Waals surface area (Å²) in [6.07, 6.45) is 3.34. The zero-order chi connectivity index (χ0) is 27.3. The van der Waals surface area contributed by atoms with Gasteiger partial charge in [0.05, 0.1) is 16.0 Å². The Morgan fingerprint density at radius 2 is 1.61 bits per heavy atom. The SMILES string of the molecule is CCN(CC)CCCC(C)Nc1nc(/C=C/c2c(F)c(F)c(F)c(F)c2F)nc2ccc([N+](=O)[O-])cc12.Cl. The number of fused-ring (bicyclic) bond motifs is 1. The molecule has 3 rings (SSSR count). The third-order valence-corrected chi connectivity index (χ3v) is 5.94. The summed E-state index contributed by atoms with van der Waals surface area (Å²) in [7, 11) is 0. The first-order valence-electron chi connectivity index (χ1n) is 11.7. The lowest BCUT2D eigenvalue weighted by Crippen LogP contribution is -2.25. The average Bonchev–Trinajstić information content (AvgIpc) is 2.88. The molecule has 0 saturated carbocycles. The van der Waals surface area contributed by atoms with Gasteiger partial charge in [-0.15, -0.1) is 12.4 Å². The van der Waals surface area contributed by atoms with E-state index in [0.717, 1.165) is 38.6 Å². The van der Waals surface area contributed by atoms with E-state index in [1.807, 2.05) is 6.92 Å². The van der Waals surface area contributed by atoms with Crippen molar-refractivity contribution >= 4 is 47.0 Å². The van der Waals surface area contributed by atoms with Crippen LogP contribution in [0.1, 0.15) is 45.0 Å². The average molecular weight is 560 g/mol. The molecule has 206 valence electrons. The molecule has 0 amide bonds. The Morgan fingerprint density at radius 3 is 2.18 bits per heavy atom. The lowest BCUT2D eigenvalue weighted by atomic mass is 10.1. The van der Waals surface area contributed by atoms with Gasteiger partial charge >= 0.3 is 0 Å². The predicted molar refractivity (Wildman–Crippen MR) is 139 cm³/mol. The highest BCUT2D eigenvalue weighted by Gasteiger charge is 2.24. The Kier molecular flexibility index (Phi) is 10.9. The number of rotatable bonds is 11. The zero-order valence-corrected chi connectivity index (χ0v) is 21.7. The molecule has 0 radical (unpaired) electrons. The Hall–Kier alpha value is -3.38. The van der Waals surface area contributed by atoms with Gasteiger partial charge in [0.25, 0.3) is 5.69 Å². The molecule has 1 atom stereocenters. The third-order valence-electron chi connectivity index (χ3n) is 5.94. The molecule has 1 heterocycles. The quantitative estimate of drug-likeness (QED) is 0.0920. The van der Waals surface area contributed by atoms with Gasteiger partial charge in [-0.2, -0.15) is 0 Å². The van der Waals surface area contributed by atoms with Gasteiger partial charge in [-0.05, 0) is 57.6 Å². The first kappa shape index (κ1) is 30.8. The Morgan fingerprint density at radius 1 is 1.00 bits per heavy atom. The minimum Gasteiger partial charge on any atom is -0.367 e. The molecular weight excluding hydrogens is 533 g/mol. The van der Waals surface area contributed by atoms with Crippen molar-refractivity contribution in [3.63, 3.8) is 0 Å². The summed E-state index contributed by atoms with van der Waals surface area (Å²) >= 11 is 0. The van der Waals surface area contributed by atoms with Crippen LogP contribution >= 0.6 is 12.4 Å². The van der Waals surface area contributed by atoms with Crippen LogP contribution in [0.4, 0.5) is 33.5 Å². The van der Waals surface area contributed by atoms with E-state index in [2.05, 4.69) is 34.0 Å². The molecule has 0 aliphatic heterocycles. The van der Waals surface area contributed by atoms with Gasteiger partial charge < -0.3 is 10.2 Å². The largest absolute Gasteiger partial charge is 0.367 e. The number of nitro groups is 1. The number of hydrogen-bond donors (Lipinski definition) is 1. The highest BCUT2D eigenvalue weighted by molar-refractivity contribution is 5.91. The maximum atomic E-state index is 14.1. The summed E-state index contributed by atoms with van der Waals surface area (Å²) in [5, 5.41) is 14.8. The van der Waals surface area contributed by atoms with E-state index in [1.165, 1.54) is 18.2 Å². The molecule has 13 heteroatoms. The number of aromatic nitrogens is 2. The van der Waals surface area contributed by atoms with Crippen LogP contribution in [0.5, 0.6) is 0 Å². The van der Waals surface area contributed by atoms with E-state index in [0.29, 0.717) is 11.5 Å². The normalized spacial score (nSPS) is 12.2. The van der Waals surface area contributed by atoms with Crippen LogP contribution in [0.3, 0.4) is 0 Å². The highest BCUT2D eigenvalue weighted by atomic mass is 35.5. The molecule has 0 aliphatic rings. The minimum absolute atomic E-state index is 0. The van der Waals surface area contributed by atoms with Crippen molar-refractivity contribution in [1.82, 2.24) is 14.9 Å². The second-order valence-corrected chi connectivity index (χ2v) is 8.42. The van der Waals surface area contributed by atoms with Gasteiger partial charge in [0.1, 0.15) is 5.82 Å². The fourth-order valence-corrected chi connectivity index (χ4v) is 3.83. The van der Waals surface area contributed by atoms with Crippen LogP contribution in [-0.4, -0.2) is 45.5 Å². The van der Waals surface area contributed by atoms with Crippen molar-refractivity contribution in [2.45, 2.75) is 39.7 Å². The van der Waals surface area contributed by atoms with Crippen LogP contribution in [0.2, 0.25) is 0 Å². The van der Waals surface area contributed by atoms with Crippen molar-refractivity contribution in [2.24, 2.45) is 0 Å². The second-order valence-electron chi connectivity index (χ2n) is 8.42. The van der Waals surface area contributed by atoms with E-state index < -0.39 is 39.6 Å². The van der Waals surface area contributed by atoms with Crippen molar-refractivity contribution < 1.29 is 26.9 Å². The van der Waals surface area contributed by atoms with Gasteiger partial charge in [-0.25, -0.2) is 31.9 Å². The van der Waals surface area contributed by atoms with Gasteiger partial charge in [0.15, 0.2) is 29.1 Å². The molecule has 0 aliphatic carbocycles. The number of anilines is 1. The molecule has 0 fully saturated rings. The highest BCUT2D eigenvalue weighted by Crippen LogP contribution is 2.28. The van der Waals surface area contributed by atoms with Crippen molar-refractivity contribution in [3.8, 4) is 0 Å². The molecule has 0 spiro atoms. The number of benzene rings is 2. The molecule has 38 heavy (non-hydrogen) atoms. The lowest BCUT2D eigenvalue weighted by molar-refractivity contribution is -0.384. The Bertz CT molecular complexity index is 1310. The van der Waals surface area contributed by atoms with E-state index in [1.54, 1.807) is 0 Å². The Labute approximate surface area is 222 Å². The standard InChI is InChI=1S/C25H26F5N5O2.ClH/c1-4-34(5-2)12-6-7-14(3)31-25-17-13-15(35(36)37)8-10-18(17)32-19(33-25)11-9-16-20(26)22(28)24(30)23(29)21(16)27;/h8-11,13-14H,4-7,12H2,1-3H3,(H,31,32,33);1H/b11-9+;. The molecule has 1 aromatic heterocycles. The molecular formula is C25H27ClF5N5O2. The molecule has 3 aromatic rings. The van der Waals surface area contributed by atoms with E-state index in [9.17, 15) is 32.1 Å². The van der Waals surface area contributed by atoms with Crippen LogP contribution in [0.15, 0.2) is 18.2 Å².